The lowest BCUT2D eigenvalue weighted by atomic mass is 10.2. The molecule has 0 aliphatic heterocycles. The summed E-state index contributed by atoms with van der Waals surface area (Å²) in [5, 5.41) is 0. The molecule has 1 saturated carbocycles. The van der Waals surface area contributed by atoms with Crippen molar-refractivity contribution in [1.82, 2.24) is 0 Å². The van der Waals surface area contributed by atoms with E-state index >= 15 is 0 Å². The molecule has 76 valence electrons. The largest absolute Gasteiger partial charge is 0.404 e. The fourth-order valence-electron chi connectivity index (χ4n) is 2.49. The second kappa shape index (κ2) is 4.80. The van der Waals surface area contributed by atoms with Crippen LogP contribution in [0, 0.1) is 0 Å². The van der Waals surface area contributed by atoms with Crippen LogP contribution in [0.25, 0.3) is 0 Å². The number of hydrogen-bond donors (Lipinski definition) is 0. The van der Waals surface area contributed by atoms with E-state index < -0.39 is 0 Å². The van der Waals surface area contributed by atoms with E-state index in [-0.39, 0.29) is 9.20 Å². The van der Waals surface area contributed by atoms with E-state index in [0.29, 0.717) is 0 Å². The zero-order valence-corrected chi connectivity index (χ0v) is 12.4. The Morgan fingerprint density at radius 1 is 1.14 bits per heavy atom. The van der Waals surface area contributed by atoms with Gasteiger partial charge in [0.1, 0.15) is 9.20 Å². The first-order valence-corrected chi connectivity index (χ1v) is 12.0. The third-order valence-corrected chi connectivity index (χ3v) is 6.80. The molecule has 14 heavy (non-hydrogen) atoms. The van der Waals surface area contributed by atoms with Gasteiger partial charge in [0, 0.05) is 21.5 Å². The molecule has 0 unspecified atom stereocenters. The summed E-state index contributed by atoms with van der Waals surface area (Å²) in [7, 11) is 1.48. The summed E-state index contributed by atoms with van der Waals surface area (Å²) in [5.74, 6) is 0. The number of rotatable bonds is 3. The first-order valence-electron chi connectivity index (χ1n) is 5.73. The minimum Gasteiger partial charge on any atom is -0.404 e. The molecular formula is C11H19NSi2. The zero-order valence-electron chi connectivity index (χ0n) is 8.95. The predicted octanol–water partition coefficient (Wildman–Crippen LogP) is 0.800. The molecule has 1 nitrogen and oxygen atoms in total. The SMILES string of the molecule is [SiH3][SiH2]N(c1ccccc1)C1CCCC1. The molecule has 0 amide bonds. The van der Waals surface area contributed by atoms with Crippen LogP contribution in [0.3, 0.4) is 0 Å². The van der Waals surface area contributed by atoms with E-state index in [1.807, 2.05) is 0 Å². The van der Waals surface area contributed by atoms with Crippen molar-refractivity contribution in [2.75, 3.05) is 4.57 Å². The highest BCUT2D eigenvalue weighted by molar-refractivity contribution is 6.91. The first-order chi connectivity index (χ1) is 6.92. The maximum absolute atomic E-state index is 2.75. The Morgan fingerprint density at radius 3 is 2.36 bits per heavy atom. The van der Waals surface area contributed by atoms with E-state index in [0.717, 1.165) is 6.04 Å². The van der Waals surface area contributed by atoms with Crippen molar-refractivity contribution in [2.24, 2.45) is 0 Å². The Morgan fingerprint density at radius 2 is 1.79 bits per heavy atom. The normalized spacial score (nSPS) is 18.3. The van der Waals surface area contributed by atoms with E-state index in [1.54, 1.807) is 0 Å². The molecule has 1 aromatic rings. The minimum absolute atomic E-state index is 0.0725. The minimum atomic E-state index is 0.0725. The van der Waals surface area contributed by atoms with Gasteiger partial charge in [0.25, 0.3) is 0 Å². The average Bonchev–Trinajstić information content (AvgIpc) is 2.74. The van der Waals surface area contributed by atoms with Crippen LogP contribution in [0.5, 0.6) is 0 Å². The fourth-order valence-corrected chi connectivity index (χ4v) is 6.59. The van der Waals surface area contributed by atoms with Crippen LogP contribution in [0.2, 0.25) is 0 Å². The van der Waals surface area contributed by atoms with Crippen molar-refractivity contribution in [3.05, 3.63) is 30.3 Å². The van der Waals surface area contributed by atoms with Crippen molar-refractivity contribution in [3.8, 4) is 0 Å². The molecule has 3 heteroatoms. The van der Waals surface area contributed by atoms with E-state index in [9.17, 15) is 0 Å². The van der Waals surface area contributed by atoms with Gasteiger partial charge in [-0.2, -0.15) is 0 Å². The Balaban J connectivity index is 2.12. The molecule has 2 rings (SSSR count). The summed E-state index contributed by atoms with van der Waals surface area (Å²) in [6.07, 6.45) is 5.77. The zero-order chi connectivity index (χ0) is 9.80. The van der Waals surface area contributed by atoms with E-state index in [2.05, 4.69) is 34.9 Å². The van der Waals surface area contributed by atoms with Crippen molar-refractivity contribution in [2.45, 2.75) is 31.7 Å². The molecule has 0 N–H and O–H groups in total. The van der Waals surface area contributed by atoms with Gasteiger partial charge in [0.15, 0.2) is 0 Å². The van der Waals surface area contributed by atoms with Crippen LogP contribution in [0.1, 0.15) is 25.7 Å². The van der Waals surface area contributed by atoms with Crippen LogP contribution >= 0.6 is 0 Å². The smallest absolute Gasteiger partial charge is 0.103 e. The van der Waals surface area contributed by atoms with Crippen molar-refractivity contribution >= 4 is 24.6 Å². The third-order valence-electron chi connectivity index (χ3n) is 3.19. The molecule has 0 spiro atoms. The first kappa shape index (κ1) is 9.99. The van der Waals surface area contributed by atoms with Crippen molar-refractivity contribution in [3.63, 3.8) is 0 Å². The maximum Gasteiger partial charge on any atom is 0.103 e. The third kappa shape index (κ3) is 2.09. The lowest BCUT2D eigenvalue weighted by Crippen LogP contribution is -2.36. The molecule has 1 aliphatic carbocycles. The van der Waals surface area contributed by atoms with Gasteiger partial charge in [-0.25, -0.2) is 0 Å². The maximum atomic E-state index is 2.75. The second-order valence-electron chi connectivity index (χ2n) is 4.06. The monoisotopic (exact) mass is 221 g/mol. The van der Waals surface area contributed by atoms with Crippen LogP contribution < -0.4 is 4.57 Å². The van der Waals surface area contributed by atoms with Gasteiger partial charge in [-0.15, -0.1) is 0 Å². The molecule has 0 saturated heterocycles. The summed E-state index contributed by atoms with van der Waals surface area (Å²) < 4.78 is 2.75. The highest BCUT2D eigenvalue weighted by Gasteiger charge is 2.20. The topological polar surface area (TPSA) is 3.24 Å². The van der Waals surface area contributed by atoms with Gasteiger partial charge in [-0.3, -0.25) is 0 Å². The Kier molecular flexibility index (Phi) is 3.42. The highest BCUT2D eigenvalue weighted by atomic mass is 29.1. The van der Waals surface area contributed by atoms with Gasteiger partial charge in [0.2, 0.25) is 0 Å². The average molecular weight is 221 g/mol. The number of para-hydroxylation sites is 1. The van der Waals surface area contributed by atoms with Crippen LogP contribution in [0.15, 0.2) is 30.3 Å². The summed E-state index contributed by atoms with van der Waals surface area (Å²) in [5.41, 5.74) is 1.49. The summed E-state index contributed by atoms with van der Waals surface area (Å²) in [6.45, 7) is 0. The van der Waals surface area contributed by atoms with Crippen molar-refractivity contribution < 1.29 is 0 Å². The highest BCUT2D eigenvalue weighted by Crippen LogP contribution is 2.26. The number of hydrogen-bond acceptors (Lipinski definition) is 1. The molecule has 0 radical (unpaired) electrons. The van der Waals surface area contributed by atoms with Gasteiger partial charge >= 0.3 is 0 Å². The van der Waals surface area contributed by atoms with Crippen LogP contribution in [-0.4, -0.2) is 25.0 Å². The molecule has 1 fully saturated rings. The molecule has 0 bridgehead atoms. The lowest BCUT2D eigenvalue weighted by molar-refractivity contribution is 0.703. The van der Waals surface area contributed by atoms with Crippen LogP contribution in [-0.2, 0) is 0 Å². The number of nitrogens with zero attached hydrogens (tertiary/aromatic N) is 1. The molecule has 1 aliphatic rings. The molecular weight excluding hydrogens is 202 g/mol. The Hall–Kier alpha value is -0.546. The summed E-state index contributed by atoms with van der Waals surface area (Å²) in [4.78, 5) is 0. The van der Waals surface area contributed by atoms with E-state index in [4.69, 9.17) is 0 Å². The Labute approximate surface area is 91.6 Å². The van der Waals surface area contributed by atoms with Gasteiger partial charge in [-0.05, 0) is 25.0 Å². The lowest BCUT2D eigenvalue weighted by Gasteiger charge is -2.30. The molecule has 1 aromatic carbocycles. The van der Waals surface area contributed by atoms with Crippen LogP contribution in [0.4, 0.5) is 5.69 Å². The predicted molar refractivity (Wildman–Crippen MR) is 69.7 cm³/mol. The van der Waals surface area contributed by atoms with Gasteiger partial charge in [-0.1, -0.05) is 31.0 Å². The van der Waals surface area contributed by atoms with E-state index in [1.165, 1.54) is 41.1 Å². The summed E-state index contributed by atoms with van der Waals surface area (Å²) >= 11 is 0. The summed E-state index contributed by atoms with van der Waals surface area (Å²) in [6, 6.07) is 11.9. The van der Waals surface area contributed by atoms with Gasteiger partial charge in [0.05, 0.1) is 0 Å². The second-order valence-corrected chi connectivity index (χ2v) is 7.27. The molecule has 0 aromatic heterocycles. The van der Waals surface area contributed by atoms with Gasteiger partial charge < -0.3 is 4.57 Å². The fraction of sp³-hybridized carbons (Fsp3) is 0.455. The number of anilines is 1. The molecule has 0 heterocycles. The van der Waals surface area contributed by atoms with Crippen molar-refractivity contribution in [1.29, 1.82) is 0 Å². The standard InChI is InChI=1S/C11H19NSi2/c13-14-12(11-8-4-5-9-11)10-6-2-1-3-7-10/h1-3,6-7,11H,4-5,8-9,14H2,13H3. The molecule has 0 atom stereocenters. The Bertz CT molecular complexity index is 270. The number of benzene rings is 1. The quantitative estimate of drug-likeness (QED) is 0.683.